The van der Waals surface area contributed by atoms with Crippen molar-refractivity contribution in [2.24, 2.45) is 0 Å². The fraction of sp³-hybridized carbons (Fsp3) is 0. The van der Waals surface area contributed by atoms with Crippen LogP contribution in [0, 0.1) is 11.3 Å². The van der Waals surface area contributed by atoms with E-state index in [0.29, 0.717) is 22.7 Å². The van der Waals surface area contributed by atoms with Gasteiger partial charge in [-0.25, -0.2) is 9.97 Å². The molecule has 3 aromatic heterocycles. The van der Waals surface area contributed by atoms with Crippen molar-refractivity contribution in [1.82, 2.24) is 14.5 Å². The second-order valence-electron chi connectivity index (χ2n) is 11.3. The maximum atomic E-state index is 9.63. The third-order valence-corrected chi connectivity index (χ3v) is 8.63. The molecule has 3 heterocycles. The second-order valence-corrected chi connectivity index (χ2v) is 11.3. The first kappa shape index (κ1) is 25.9. The van der Waals surface area contributed by atoms with Gasteiger partial charge in [0.2, 0.25) is 0 Å². The van der Waals surface area contributed by atoms with Crippen molar-refractivity contribution >= 4 is 43.9 Å². The van der Waals surface area contributed by atoms with E-state index in [1.165, 1.54) is 10.8 Å². The average molecular weight is 589 g/mol. The molecule has 9 aromatic rings. The predicted octanol–water partition coefficient (Wildman–Crippen LogP) is 10.3. The molecule has 0 aliphatic rings. The first-order valence-corrected chi connectivity index (χ1v) is 15.1. The molecule has 0 N–H and O–H groups in total. The standard InChI is InChI=1S/C41H24N4O/c42-25-26-11-8-15-29(23-26)38-40-39(44-41(43-38)27-12-2-1-3-13-27)37-31(19-10-22-36(37)46-40)28-14-9-16-30(24-28)45-34-20-6-4-17-32(34)33-18-5-7-21-35(33)45/h1-24H. The van der Waals surface area contributed by atoms with E-state index in [4.69, 9.17) is 14.4 Å². The molecule has 0 unspecified atom stereocenters. The number of para-hydroxylation sites is 2. The fourth-order valence-electron chi connectivity index (χ4n) is 6.59. The van der Waals surface area contributed by atoms with E-state index >= 15 is 0 Å². The van der Waals surface area contributed by atoms with Gasteiger partial charge in [0.25, 0.3) is 0 Å². The Hall–Kier alpha value is -6.51. The van der Waals surface area contributed by atoms with E-state index in [2.05, 4.69) is 89.5 Å². The number of aromatic nitrogens is 3. The van der Waals surface area contributed by atoms with Crippen molar-refractivity contribution in [3.63, 3.8) is 0 Å². The van der Waals surface area contributed by atoms with Crippen LogP contribution in [0.2, 0.25) is 0 Å². The summed E-state index contributed by atoms with van der Waals surface area (Å²) >= 11 is 0. The van der Waals surface area contributed by atoms with E-state index in [0.717, 1.165) is 55.5 Å². The van der Waals surface area contributed by atoms with Crippen LogP contribution in [0.4, 0.5) is 0 Å². The van der Waals surface area contributed by atoms with E-state index in [-0.39, 0.29) is 0 Å². The molecule has 9 rings (SSSR count). The minimum absolute atomic E-state index is 0.559. The zero-order valence-corrected chi connectivity index (χ0v) is 24.6. The number of hydrogen-bond donors (Lipinski definition) is 0. The summed E-state index contributed by atoms with van der Waals surface area (Å²) in [4.78, 5) is 10.1. The summed E-state index contributed by atoms with van der Waals surface area (Å²) in [6, 6.07) is 51.6. The monoisotopic (exact) mass is 588 g/mol. The molecule has 5 heteroatoms. The topological polar surface area (TPSA) is 67.6 Å². The first-order chi connectivity index (χ1) is 22.8. The van der Waals surface area contributed by atoms with Gasteiger partial charge in [-0.1, -0.05) is 103 Å². The maximum absolute atomic E-state index is 9.63. The predicted molar refractivity (Wildman–Crippen MR) is 185 cm³/mol. The largest absolute Gasteiger partial charge is 0.452 e. The Morgan fingerprint density at radius 2 is 1.26 bits per heavy atom. The summed E-state index contributed by atoms with van der Waals surface area (Å²) in [5.74, 6) is 0.599. The lowest BCUT2D eigenvalue weighted by Crippen LogP contribution is -1.95. The van der Waals surface area contributed by atoms with Crippen molar-refractivity contribution in [3.8, 4) is 45.5 Å². The van der Waals surface area contributed by atoms with Crippen LogP contribution >= 0.6 is 0 Å². The van der Waals surface area contributed by atoms with Gasteiger partial charge in [-0.2, -0.15) is 5.26 Å². The lowest BCUT2D eigenvalue weighted by Gasteiger charge is -2.11. The summed E-state index contributed by atoms with van der Waals surface area (Å²) in [6.45, 7) is 0. The number of hydrogen-bond acceptors (Lipinski definition) is 4. The summed E-state index contributed by atoms with van der Waals surface area (Å²) in [7, 11) is 0. The molecule has 214 valence electrons. The van der Waals surface area contributed by atoms with Gasteiger partial charge in [0.05, 0.1) is 28.1 Å². The van der Waals surface area contributed by atoms with Crippen LogP contribution < -0.4 is 0 Å². The van der Waals surface area contributed by atoms with Crippen molar-refractivity contribution < 1.29 is 4.42 Å². The summed E-state index contributed by atoms with van der Waals surface area (Å²) in [6.07, 6.45) is 0. The number of benzene rings is 6. The van der Waals surface area contributed by atoms with Gasteiger partial charge in [0.1, 0.15) is 16.8 Å². The van der Waals surface area contributed by atoms with E-state index in [1.807, 2.05) is 60.7 Å². The van der Waals surface area contributed by atoms with Gasteiger partial charge < -0.3 is 8.98 Å². The minimum Gasteiger partial charge on any atom is -0.452 e. The van der Waals surface area contributed by atoms with Crippen LogP contribution in [-0.2, 0) is 0 Å². The Kier molecular flexibility index (Phi) is 5.81. The highest BCUT2D eigenvalue weighted by molar-refractivity contribution is 6.14. The van der Waals surface area contributed by atoms with Gasteiger partial charge in [0.15, 0.2) is 11.4 Å². The molecule has 0 saturated carbocycles. The highest BCUT2D eigenvalue weighted by Crippen LogP contribution is 2.41. The van der Waals surface area contributed by atoms with E-state index in [9.17, 15) is 5.26 Å². The van der Waals surface area contributed by atoms with Crippen LogP contribution in [0.1, 0.15) is 5.56 Å². The van der Waals surface area contributed by atoms with Crippen LogP contribution in [0.15, 0.2) is 150 Å². The third-order valence-electron chi connectivity index (χ3n) is 8.63. The number of furan rings is 1. The molecule has 0 saturated heterocycles. The van der Waals surface area contributed by atoms with Crippen LogP contribution in [0.5, 0.6) is 0 Å². The van der Waals surface area contributed by atoms with E-state index in [1.54, 1.807) is 6.07 Å². The van der Waals surface area contributed by atoms with Crippen LogP contribution in [0.25, 0.3) is 83.3 Å². The zero-order valence-electron chi connectivity index (χ0n) is 24.6. The van der Waals surface area contributed by atoms with Gasteiger partial charge in [-0.15, -0.1) is 0 Å². The molecule has 46 heavy (non-hydrogen) atoms. The quantitative estimate of drug-likeness (QED) is 0.205. The van der Waals surface area contributed by atoms with Crippen molar-refractivity contribution in [2.75, 3.05) is 0 Å². The minimum atomic E-state index is 0.559. The van der Waals surface area contributed by atoms with Crippen molar-refractivity contribution in [2.45, 2.75) is 0 Å². The second kappa shape index (κ2) is 10.3. The molecular formula is C41H24N4O. The lowest BCUT2D eigenvalue weighted by molar-refractivity contribution is 0.667. The molecule has 0 aliphatic carbocycles. The number of fused-ring (bicyclic) bond motifs is 6. The Morgan fingerprint density at radius 3 is 2.04 bits per heavy atom. The Balaban J connectivity index is 1.31. The lowest BCUT2D eigenvalue weighted by atomic mass is 9.99. The maximum Gasteiger partial charge on any atom is 0.180 e. The summed E-state index contributed by atoms with van der Waals surface area (Å²) in [5.41, 5.74) is 10.5. The fourth-order valence-corrected chi connectivity index (χ4v) is 6.59. The first-order valence-electron chi connectivity index (χ1n) is 15.1. The molecular weight excluding hydrogens is 564 g/mol. The Morgan fingerprint density at radius 1 is 0.587 bits per heavy atom. The Labute approximate surface area is 264 Å². The molecule has 0 spiro atoms. The van der Waals surface area contributed by atoms with Crippen LogP contribution in [0.3, 0.4) is 0 Å². The molecule has 0 radical (unpaired) electrons. The normalized spacial score (nSPS) is 11.5. The van der Waals surface area contributed by atoms with Gasteiger partial charge in [0, 0.05) is 27.6 Å². The number of rotatable bonds is 4. The highest BCUT2D eigenvalue weighted by atomic mass is 16.3. The smallest absolute Gasteiger partial charge is 0.180 e. The number of nitriles is 1. The zero-order chi connectivity index (χ0) is 30.6. The molecule has 0 fully saturated rings. The van der Waals surface area contributed by atoms with Crippen molar-refractivity contribution in [1.29, 1.82) is 5.26 Å². The SMILES string of the molecule is N#Cc1cccc(-c2nc(-c3ccccc3)nc3c2oc2cccc(-c4cccc(-n5c6ccccc6c6ccccc65)c4)c23)c1. The van der Waals surface area contributed by atoms with Gasteiger partial charge in [-0.05, 0) is 53.6 Å². The van der Waals surface area contributed by atoms with Gasteiger partial charge in [-0.3, -0.25) is 0 Å². The summed E-state index contributed by atoms with van der Waals surface area (Å²) < 4.78 is 8.90. The molecule has 6 aromatic carbocycles. The third kappa shape index (κ3) is 4.02. The summed E-state index contributed by atoms with van der Waals surface area (Å²) in [5, 5.41) is 13.0. The molecule has 0 atom stereocenters. The van der Waals surface area contributed by atoms with E-state index < -0.39 is 0 Å². The number of nitrogens with zero attached hydrogens (tertiary/aromatic N) is 4. The average Bonchev–Trinajstić information content (AvgIpc) is 3.68. The van der Waals surface area contributed by atoms with Crippen LogP contribution in [-0.4, -0.2) is 14.5 Å². The molecule has 0 bridgehead atoms. The molecule has 0 aliphatic heterocycles. The molecule has 0 amide bonds. The van der Waals surface area contributed by atoms with Crippen molar-refractivity contribution in [3.05, 3.63) is 151 Å². The van der Waals surface area contributed by atoms with Gasteiger partial charge >= 0.3 is 0 Å². The highest BCUT2D eigenvalue weighted by Gasteiger charge is 2.21. The Bertz CT molecular complexity index is 2610. The molecule has 5 nitrogen and oxygen atoms in total.